The maximum atomic E-state index is 12.6. The van der Waals surface area contributed by atoms with Crippen molar-refractivity contribution < 1.29 is 27.9 Å². The van der Waals surface area contributed by atoms with E-state index in [-0.39, 0.29) is 25.9 Å². The first-order chi connectivity index (χ1) is 8.07. The largest absolute Gasteiger partial charge is 0.481 e. The Morgan fingerprint density at radius 1 is 1.28 bits per heavy atom. The normalized spacial score (nSPS) is 21.5. The summed E-state index contributed by atoms with van der Waals surface area (Å²) in [6.45, 7) is 0.593. The summed E-state index contributed by atoms with van der Waals surface area (Å²) in [6.07, 6.45) is -4.53. The first kappa shape index (κ1) is 14.7. The van der Waals surface area contributed by atoms with Crippen LogP contribution in [0.1, 0.15) is 19.8 Å². The summed E-state index contributed by atoms with van der Waals surface area (Å²) in [5.41, 5.74) is 2.10. The van der Waals surface area contributed by atoms with Crippen molar-refractivity contribution in [3.05, 3.63) is 0 Å². The van der Waals surface area contributed by atoms with E-state index in [0.29, 0.717) is 6.92 Å². The zero-order valence-corrected chi connectivity index (χ0v) is 9.83. The molecule has 0 spiro atoms. The highest BCUT2D eigenvalue weighted by Crippen LogP contribution is 2.30. The number of carboxylic acids is 1. The van der Waals surface area contributed by atoms with Crippen LogP contribution in [0.5, 0.6) is 0 Å². The Bertz CT molecular complexity index is 347. The molecule has 1 aliphatic rings. The van der Waals surface area contributed by atoms with Crippen LogP contribution in [-0.2, 0) is 9.59 Å². The van der Waals surface area contributed by atoms with Crippen molar-refractivity contribution in [1.29, 1.82) is 0 Å². The average molecular weight is 268 g/mol. The lowest BCUT2D eigenvalue weighted by Crippen LogP contribution is -2.63. The van der Waals surface area contributed by atoms with E-state index in [1.807, 2.05) is 0 Å². The molecule has 1 rings (SSSR count). The van der Waals surface area contributed by atoms with E-state index < -0.39 is 29.5 Å². The van der Waals surface area contributed by atoms with Gasteiger partial charge in [0.2, 0.25) is 0 Å². The van der Waals surface area contributed by atoms with Gasteiger partial charge in [0.25, 0.3) is 5.91 Å². The molecule has 5 nitrogen and oxygen atoms in total. The molecule has 1 unspecified atom stereocenters. The van der Waals surface area contributed by atoms with Gasteiger partial charge >= 0.3 is 12.1 Å². The Balaban J connectivity index is 2.69. The monoisotopic (exact) mass is 268 g/mol. The molecule has 0 saturated carbocycles. The molecule has 0 radical (unpaired) electrons. The van der Waals surface area contributed by atoms with Crippen molar-refractivity contribution in [2.75, 3.05) is 13.1 Å². The maximum absolute atomic E-state index is 12.6. The van der Waals surface area contributed by atoms with Gasteiger partial charge in [-0.25, -0.2) is 0 Å². The first-order valence-electron chi connectivity index (χ1n) is 5.45. The molecule has 104 valence electrons. The zero-order valence-electron chi connectivity index (χ0n) is 9.83. The number of carboxylic acid groups (broad SMARTS) is 1. The minimum absolute atomic E-state index is 0.0152. The molecule has 1 amide bonds. The SMILES string of the molecule is CC(N)(C(=O)N1CCC(C(=O)O)CC1)C(F)(F)F. The number of halogens is 3. The molecule has 18 heavy (non-hydrogen) atoms. The molecule has 3 N–H and O–H groups in total. The molecular weight excluding hydrogens is 253 g/mol. The van der Waals surface area contributed by atoms with Crippen LogP contribution in [0.15, 0.2) is 0 Å². The lowest BCUT2D eigenvalue weighted by Gasteiger charge is -2.36. The number of hydrogen-bond acceptors (Lipinski definition) is 3. The van der Waals surface area contributed by atoms with E-state index in [2.05, 4.69) is 0 Å². The van der Waals surface area contributed by atoms with Crippen molar-refractivity contribution in [2.24, 2.45) is 11.7 Å². The molecule has 0 bridgehead atoms. The Labute approximate surface area is 102 Å². The third kappa shape index (κ3) is 2.74. The number of alkyl halides is 3. The highest BCUT2D eigenvalue weighted by atomic mass is 19.4. The summed E-state index contributed by atoms with van der Waals surface area (Å²) in [5, 5.41) is 8.74. The highest BCUT2D eigenvalue weighted by Gasteiger charge is 2.55. The summed E-state index contributed by atoms with van der Waals surface area (Å²) in [6, 6.07) is 0. The molecule has 1 atom stereocenters. The lowest BCUT2D eigenvalue weighted by atomic mass is 9.94. The van der Waals surface area contributed by atoms with Crippen molar-refractivity contribution in [1.82, 2.24) is 4.90 Å². The summed E-state index contributed by atoms with van der Waals surface area (Å²) in [5.74, 6) is -2.81. The van der Waals surface area contributed by atoms with E-state index in [9.17, 15) is 22.8 Å². The summed E-state index contributed by atoms with van der Waals surface area (Å²) in [7, 11) is 0. The average Bonchev–Trinajstić information content (AvgIpc) is 2.26. The third-order valence-electron chi connectivity index (χ3n) is 3.16. The zero-order chi connectivity index (χ0) is 14.1. The van der Waals surface area contributed by atoms with E-state index in [0.717, 1.165) is 4.90 Å². The molecule has 0 aromatic rings. The van der Waals surface area contributed by atoms with Crippen molar-refractivity contribution in [3.63, 3.8) is 0 Å². The molecule has 0 aromatic heterocycles. The molecule has 8 heteroatoms. The topological polar surface area (TPSA) is 83.6 Å². The van der Waals surface area contributed by atoms with Crippen LogP contribution >= 0.6 is 0 Å². The Morgan fingerprint density at radius 2 is 1.72 bits per heavy atom. The molecule has 1 saturated heterocycles. The minimum Gasteiger partial charge on any atom is -0.481 e. The van der Waals surface area contributed by atoms with Gasteiger partial charge in [-0.1, -0.05) is 0 Å². The number of carbonyl (C=O) groups excluding carboxylic acids is 1. The fourth-order valence-electron chi connectivity index (χ4n) is 1.78. The molecule has 0 aliphatic carbocycles. The molecule has 1 fully saturated rings. The quantitative estimate of drug-likeness (QED) is 0.767. The first-order valence-corrected chi connectivity index (χ1v) is 5.45. The van der Waals surface area contributed by atoms with Gasteiger partial charge in [-0.15, -0.1) is 0 Å². The van der Waals surface area contributed by atoms with E-state index in [1.165, 1.54) is 0 Å². The second-order valence-corrected chi connectivity index (χ2v) is 4.60. The van der Waals surface area contributed by atoms with Gasteiger partial charge in [0.05, 0.1) is 5.92 Å². The predicted molar refractivity (Wildman–Crippen MR) is 55.6 cm³/mol. The van der Waals surface area contributed by atoms with Gasteiger partial charge in [-0.3, -0.25) is 9.59 Å². The standard InChI is InChI=1S/C10H15F3N2O3/c1-9(14,10(11,12)13)8(18)15-4-2-6(3-5-15)7(16)17/h6H,2-5,14H2,1H3,(H,16,17). The van der Waals surface area contributed by atoms with Crippen molar-refractivity contribution in [2.45, 2.75) is 31.5 Å². The second-order valence-electron chi connectivity index (χ2n) is 4.60. The smallest absolute Gasteiger partial charge is 0.415 e. The number of aliphatic carboxylic acids is 1. The Morgan fingerprint density at radius 3 is 2.06 bits per heavy atom. The van der Waals surface area contributed by atoms with Crippen LogP contribution in [0.25, 0.3) is 0 Å². The molecule has 1 aliphatic heterocycles. The van der Waals surface area contributed by atoms with E-state index in [1.54, 1.807) is 0 Å². The van der Waals surface area contributed by atoms with Crippen molar-refractivity contribution in [3.8, 4) is 0 Å². The van der Waals surface area contributed by atoms with Gasteiger partial charge in [0.15, 0.2) is 5.54 Å². The van der Waals surface area contributed by atoms with Gasteiger partial charge in [0.1, 0.15) is 0 Å². The Kier molecular flexibility index (Phi) is 3.89. The summed E-state index contributed by atoms with van der Waals surface area (Å²) < 4.78 is 37.7. The number of rotatable bonds is 2. The maximum Gasteiger partial charge on any atom is 0.415 e. The second kappa shape index (κ2) is 4.75. The van der Waals surface area contributed by atoms with Crippen LogP contribution in [0.4, 0.5) is 13.2 Å². The number of carbonyl (C=O) groups is 2. The van der Waals surface area contributed by atoms with Gasteiger partial charge in [-0.2, -0.15) is 13.2 Å². The highest BCUT2D eigenvalue weighted by molar-refractivity contribution is 5.87. The number of likely N-dealkylation sites (tertiary alicyclic amines) is 1. The van der Waals surface area contributed by atoms with Crippen LogP contribution in [-0.4, -0.2) is 46.7 Å². The number of nitrogens with zero attached hydrogens (tertiary/aromatic N) is 1. The number of hydrogen-bond donors (Lipinski definition) is 2. The van der Waals surface area contributed by atoms with E-state index in [4.69, 9.17) is 10.8 Å². The van der Waals surface area contributed by atoms with E-state index >= 15 is 0 Å². The van der Waals surface area contributed by atoms with Gasteiger partial charge < -0.3 is 15.7 Å². The van der Waals surface area contributed by atoms with Crippen LogP contribution < -0.4 is 5.73 Å². The summed E-state index contributed by atoms with van der Waals surface area (Å²) in [4.78, 5) is 23.3. The molecular formula is C10H15F3N2O3. The van der Waals surface area contributed by atoms with Crippen LogP contribution in [0, 0.1) is 5.92 Å². The number of piperidine rings is 1. The predicted octanol–water partition coefficient (Wildman–Crippen LogP) is 0.589. The lowest BCUT2D eigenvalue weighted by molar-refractivity contribution is -0.194. The fraction of sp³-hybridized carbons (Fsp3) is 0.800. The van der Waals surface area contributed by atoms with Crippen LogP contribution in [0.3, 0.4) is 0 Å². The van der Waals surface area contributed by atoms with Crippen LogP contribution in [0.2, 0.25) is 0 Å². The number of nitrogens with two attached hydrogens (primary N) is 1. The van der Waals surface area contributed by atoms with Gasteiger partial charge in [0, 0.05) is 13.1 Å². The fourth-order valence-corrected chi connectivity index (χ4v) is 1.78. The summed E-state index contributed by atoms with van der Waals surface area (Å²) >= 11 is 0. The molecule has 1 heterocycles. The van der Waals surface area contributed by atoms with Crippen molar-refractivity contribution >= 4 is 11.9 Å². The Hall–Kier alpha value is -1.31. The molecule has 0 aromatic carbocycles. The minimum atomic E-state index is -4.83. The third-order valence-corrected chi connectivity index (χ3v) is 3.16. The number of amides is 1. The van der Waals surface area contributed by atoms with Gasteiger partial charge in [-0.05, 0) is 19.8 Å².